The van der Waals surface area contributed by atoms with Gasteiger partial charge in [-0.05, 0) is 80.3 Å². The molecule has 1 amide bonds. The summed E-state index contributed by atoms with van der Waals surface area (Å²) >= 11 is 0. The summed E-state index contributed by atoms with van der Waals surface area (Å²) in [5.74, 6) is -0.00931. The summed E-state index contributed by atoms with van der Waals surface area (Å²) in [6.45, 7) is 6.37. The normalized spacial score (nSPS) is 16.8. The number of hydrogen-bond acceptors (Lipinski definition) is 4. The zero-order valence-corrected chi connectivity index (χ0v) is 17.8. The van der Waals surface area contributed by atoms with Crippen LogP contribution in [-0.4, -0.2) is 44.0 Å². The van der Waals surface area contributed by atoms with E-state index in [2.05, 4.69) is 53.4 Å². The number of amides is 1. The van der Waals surface area contributed by atoms with Gasteiger partial charge < -0.3 is 19.5 Å². The Hall–Kier alpha value is -2.79. The first-order valence-corrected chi connectivity index (χ1v) is 10.9. The molecule has 0 bridgehead atoms. The number of rotatable bonds is 4. The molecule has 2 heterocycles. The predicted molar refractivity (Wildman–Crippen MR) is 121 cm³/mol. The van der Waals surface area contributed by atoms with Crippen molar-refractivity contribution in [2.75, 3.05) is 43.4 Å². The van der Waals surface area contributed by atoms with Gasteiger partial charge in [-0.3, -0.25) is 4.79 Å². The second-order valence-electron chi connectivity index (χ2n) is 8.75. The lowest BCUT2D eigenvalue weighted by molar-refractivity contribution is -0.115. The van der Waals surface area contributed by atoms with E-state index in [-0.39, 0.29) is 5.91 Å². The lowest BCUT2D eigenvalue weighted by Gasteiger charge is -2.35. The molecule has 0 radical (unpaired) electrons. The maximum Gasteiger partial charge on any atom is 0.228 e. The number of furan rings is 1. The number of likely N-dealkylation sites (N-methyl/N-ethyl adjacent to an activating group) is 1. The number of fused-ring (bicyclic) bond motifs is 2. The second-order valence-corrected chi connectivity index (χ2v) is 8.75. The van der Waals surface area contributed by atoms with Gasteiger partial charge >= 0.3 is 0 Å². The van der Waals surface area contributed by atoms with Gasteiger partial charge in [0.15, 0.2) is 0 Å². The van der Waals surface area contributed by atoms with Crippen molar-refractivity contribution < 1.29 is 9.21 Å². The molecule has 156 valence electrons. The van der Waals surface area contributed by atoms with Crippen LogP contribution in [0.15, 0.2) is 41.0 Å². The van der Waals surface area contributed by atoms with Gasteiger partial charge in [0.25, 0.3) is 0 Å². The van der Waals surface area contributed by atoms with Crippen molar-refractivity contribution >= 4 is 28.3 Å². The number of nitrogens with one attached hydrogen (secondary N) is 1. The van der Waals surface area contributed by atoms with E-state index in [0.717, 1.165) is 61.2 Å². The van der Waals surface area contributed by atoms with Gasteiger partial charge in [0.1, 0.15) is 5.58 Å². The molecule has 1 aliphatic heterocycles. The van der Waals surface area contributed by atoms with Crippen LogP contribution in [0, 0.1) is 6.92 Å². The first-order valence-electron chi connectivity index (χ1n) is 10.9. The molecule has 0 unspecified atom stereocenters. The maximum absolute atomic E-state index is 12.7. The van der Waals surface area contributed by atoms with Crippen LogP contribution in [-0.2, 0) is 24.1 Å². The van der Waals surface area contributed by atoms with Gasteiger partial charge in [-0.1, -0.05) is 0 Å². The molecule has 2 aromatic carbocycles. The van der Waals surface area contributed by atoms with Crippen molar-refractivity contribution in [1.29, 1.82) is 0 Å². The summed E-state index contributed by atoms with van der Waals surface area (Å²) in [5.41, 5.74) is 7.96. The number of carbonyl (C=O) groups is 1. The third-order valence-corrected chi connectivity index (χ3v) is 6.54. The highest BCUT2D eigenvalue weighted by Crippen LogP contribution is 2.31. The highest BCUT2D eigenvalue weighted by molar-refractivity contribution is 5.95. The number of anilines is 2. The molecule has 3 aromatic rings. The highest BCUT2D eigenvalue weighted by Gasteiger charge is 2.18. The van der Waals surface area contributed by atoms with Crippen molar-refractivity contribution in [2.24, 2.45) is 0 Å². The van der Waals surface area contributed by atoms with Gasteiger partial charge in [-0.15, -0.1) is 0 Å². The quantitative estimate of drug-likeness (QED) is 0.711. The average Bonchev–Trinajstić information content (AvgIpc) is 3.34. The largest absolute Gasteiger partial charge is 0.464 e. The highest BCUT2D eigenvalue weighted by atomic mass is 16.3. The van der Waals surface area contributed by atoms with E-state index in [0.29, 0.717) is 6.42 Å². The van der Waals surface area contributed by atoms with Crippen LogP contribution in [0.5, 0.6) is 0 Å². The van der Waals surface area contributed by atoms with Gasteiger partial charge in [0.2, 0.25) is 5.91 Å². The SMILES string of the molecule is Cc1cc(NC(=O)Cc2coc3cc4c(cc23)CCC4)ccc1N1CCN(C)CC1. The molecule has 1 N–H and O–H groups in total. The summed E-state index contributed by atoms with van der Waals surface area (Å²) in [6, 6.07) is 10.6. The van der Waals surface area contributed by atoms with Gasteiger partial charge in [0, 0.05) is 48.5 Å². The number of benzene rings is 2. The Morgan fingerprint density at radius 1 is 1.07 bits per heavy atom. The zero-order valence-electron chi connectivity index (χ0n) is 17.8. The van der Waals surface area contributed by atoms with Crippen LogP contribution in [0.25, 0.3) is 11.0 Å². The molecule has 2 aliphatic rings. The molecule has 5 heteroatoms. The van der Waals surface area contributed by atoms with Crippen LogP contribution in [0.2, 0.25) is 0 Å². The van der Waals surface area contributed by atoms with Crippen LogP contribution in [0.1, 0.15) is 28.7 Å². The van der Waals surface area contributed by atoms with E-state index in [9.17, 15) is 4.79 Å². The molecular formula is C25H29N3O2. The second kappa shape index (κ2) is 7.80. The van der Waals surface area contributed by atoms with E-state index in [1.54, 1.807) is 6.26 Å². The first kappa shape index (κ1) is 19.2. The zero-order chi connectivity index (χ0) is 20.7. The van der Waals surface area contributed by atoms with Crippen molar-refractivity contribution in [1.82, 2.24) is 4.90 Å². The minimum Gasteiger partial charge on any atom is -0.464 e. The van der Waals surface area contributed by atoms with Crippen molar-refractivity contribution in [2.45, 2.75) is 32.6 Å². The fourth-order valence-corrected chi connectivity index (χ4v) is 4.80. The molecular weight excluding hydrogens is 374 g/mol. The number of piperazine rings is 1. The molecule has 0 atom stereocenters. The molecule has 1 aromatic heterocycles. The average molecular weight is 404 g/mol. The Morgan fingerprint density at radius 2 is 1.83 bits per heavy atom. The van der Waals surface area contributed by atoms with Crippen molar-refractivity contribution in [3.63, 3.8) is 0 Å². The van der Waals surface area contributed by atoms with Gasteiger partial charge in [0.05, 0.1) is 12.7 Å². The van der Waals surface area contributed by atoms with Crippen LogP contribution >= 0.6 is 0 Å². The Kier molecular flexibility index (Phi) is 4.99. The Bertz CT molecular complexity index is 1090. The Morgan fingerprint density at radius 3 is 2.60 bits per heavy atom. The molecule has 1 saturated heterocycles. The van der Waals surface area contributed by atoms with E-state index in [1.807, 2.05) is 6.07 Å². The Labute approximate surface area is 177 Å². The summed E-state index contributed by atoms with van der Waals surface area (Å²) in [6.07, 6.45) is 5.53. The molecule has 0 saturated carbocycles. The van der Waals surface area contributed by atoms with Gasteiger partial charge in [-0.25, -0.2) is 0 Å². The first-order chi connectivity index (χ1) is 14.6. The monoisotopic (exact) mass is 403 g/mol. The third kappa shape index (κ3) is 3.70. The molecule has 30 heavy (non-hydrogen) atoms. The maximum atomic E-state index is 12.7. The number of nitrogens with zero attached hydrogens (tertiary/aromatic N) is 2. The minimum absolute atomic E-state index is 0.00931. The van der Waals surface area contributed by atoms with Crippen LogP contribution in [0.3, 0.4) is 0 Å². The number of carbonyl (C=O) groups excluding carboxylic acids is 1. The topological polar surface area (TPSA) is 48.7 Å². The van der Waals surface area contributed by atoms with Gasteiger partial charge in [-0.2, -0.15) is 0 Å². The number of aryl methyl sites for hydroxylation is 3. The molecule has 5 nitrogen and oxygen atoms in total. The number of hydrogen-bond donors (Lipinski definition) is 1. The lowest BCUT2D eigenvalue weighted by Crippen LogP contribution is -2.44. The summed E-state index contributed by atoms with van der Waals surface area (Å²) in [5, 5.41) is 4.14. The van der Waals surface area contributed by atoms with Crippen molar-refractivity contribution in [3.05, 3.63) is 58.8 Å². The summed E-state index contributed by atoms with van der Waals surface area (Å²) in [4.78, 5) is 17.5. The summed E-state index contributed by atoms with van der Waals surface area (Å²) < 4.78 is 5.75. The van der Waals surface area contributed by atoms with E-state index in [4.69, 9.17) is 4.42 Å². The van der Waals surface area contributed by atoms with E-state index in [1.165, 1.54) is 28.8 Å². The third-order valence-electron chi connectivity index (χ3n) is 6.54. The summed E-state index contributed by atoms with van der Waals surface area (Å²) in [7, 11) is 2.17. The molecule has 1 fully saturated rings. The lowest BCUT2D eigenvalue weighted by atomic mass is 10.0. The fourth-order valence-electron chi connectivity index (χ4n) is 4.80. The molecule has 0 spiro atoms. The van der Waals surface area contributed by atoms with Crippen LogP contribution < -0.4 is 10.2 Å². The molecule has 1 aliphatic carbocycles. The van der Waals surface area contributed by atoms with E-state index >= 15 is 0 Å². The smallest absolute Gasteiger partial charge is 0.228 e. The predicted octanol–water partition coefficient (Wildman–Crippen LogP) is 4.16. The Balaban J connectivity index is 1.28. The fraction of sp³-hybridized carbons (Fsp3) is 0.400. The van der Waals surface area contributed by atoms with Crippen molar-refractivity contribution in [3.8, 4) is 0 Å². The molecule has 5 rings (SSSR count). The van der Waals surface area contributed by atoms with Crippen LogP contribution in [0.4, 0.5) is 11.4 Å². The minimum atomic E-state index is -0.00931. The van der Waals surface area contributed by atoms with E-state index < -0.39 is 0 Å². The standard InChI is InChI=1S/C25H29N3O2/c1-17-12-21(6-7-23(17)28-10-8-27(2)9-11-28)26-25(29)15-20-16-30-24-14-19-5-3-4-18(19)13-22(20)24/h6-7,12-14,16H,3-5,8-11,15H2,1-2H3,(H,26,29).